The highest BCUT2D eigenvalue weighted by molar-refractivity contribution is 6.32. The molecule has 3 heterocycles. The summed E-state index contributed by atoms with van der Waals surface area (Å²) in [5, 5.41) is 27.5. The van der Waals surface area contributed by atoms with Crippen LogP contribution in [0, 0.1) is 17.1 Å². The average Bonchev–Trinajstić information content (AvgIpc) is 3.52. The van der Waals surface area contributed by atoms with Crippen LogP contribution in [0.25, 0.3) is 10.9 Å². The Balaban J connectivity index is 1.38. The van der Waals surface area contributed by atoms with E-state index in [1.807, 2.05) is 35.1 Å². The lowest BCUT2D eigenvalue weighted by Crippen LogP contribution is -2.46. The van der Waals surface area contributed by atoms with Gasteiger partial charge >= 0.3 is 0 Å². The number of halogens is 4. The molecule has 3 aromatic carbocycles. The fourth-order valence-electron chi connectivity index (χ4n) is 5.86. The number of fused-ring (bicyclic) bond motifs is 1. The second-order valence-electron chi connectivity index (χ2n) is 12.4. The van der Waals surface area contributed by atoms with Crippen LogP contribution in [0.2, 0.25) is 15.1 Å². The van der Waals surface area contributed by atoms with Crippen molar-refractivity contribution in [2.24, 2.45) is 0 Å². The maximum Gasteiger partial charge on any atom is 0.143 e. The minimum Gasteiger partial charge on any atom is -0.371 e. The van der Waals surface area contributed by atoms with E-state index in [1.54, 1.807) is 18.2 Å². The standard InChI is InChI=1S/C34H32Cl3FN8/c1-34(2,3)45-12-10-25(11-13-45)46-19-30(43-44-46)32(20-4-6-22(35)7-5-20)42-29-15-23(36)14-26-31(21(17-39)18-40-33(26)29)41-24-8-9-27(37)28(38)16-24/h4-9,14-16,18-19,25,32,42H,10-13H2,1-3H3,(H,40,41)/t32-/m0/s1. The molecule has 1 saturated heterocycles. The number of aromatic nitrogens is 4. The van der Waals surface area contributed by atoms with Crippen molar-refractivity contribution >= 4 is 62.8 Å². The van der Waals surface area contributed by atoms with E-state index in [4.69, 9.17) is 34.8 Å². The van der Waals surface area contributed by atoms with Gasteiger partial charge in [-0.1, -0.05) is 52.1 Å². The molecule has 0 aliphatic carbocycles. The molecule has 1 fully saturated rings. The van der Waals surface area contributed by atoms with Gasteiger partial charge in [0.1, 0.15) is 17.6 Å². The van der Waals surface area contributed by atoms with E-state index < -0.39 is 11.9 Å². The number of anilines is 3. The van der Waals surface area contributed by atoms with Crippen molar-refractivity contribution in [2.75, 3.05) is 23.7 Å². The normalized spacial score (nSPS) is 15.1. The summed E-state index contributed by atoms with van der Waals surface area (Å²) in [4.78, 5) is 7.14. The number of piperidine rings is 1. The fraction of sp³-hybridized carbons (Fsp3) is 0.294. The summed E-state index contributed by atoms with van der Waals surface area (Å²) in [7, 11) is 0. The first-order chi connectivity index (χ1) is 22.0. The van der Waals surface area contributed by atoms with E-state index in [9.17, 15) is 9.65 Å². The van der Waals surface area contributed by atoms with Crippen molar-refractivity contribution in [1.82, 2.24) is 24.9 Å². The van der Waals surface area contributed by atoms with Crippen LogP contribution in [-0.4, -0.2) is 43.5 Å². The van der Waals surface area contributed by atoms with Gasteiger partial charge in [0, 0.05) is 45.9 Å². The first-order valence-electron chi connectivity index (χ1n) is 14.9. The number of benzene rings is 3. The lowest BCUT2D eigenvalue weighted by Gasteiger charge is -2.40. The monoisotopic (exact) mass is 676 g/mol. The van der Waals surface area contributed by atoms with Crippen LogP contribution < -0.4 is 10.6 Å². The third-order valence-corrected chi connectivity index (χ3v) is 9.14. The molecule has 6 rings (SSSR count). The Kier molecular flexibility index (Phi) is 9.08. The van der Waals surface area contributed by atoms with E-state index in [0.717, 1.165) is 37.2 Å². The highest BCUT2D eigenvalue weighted by atomic mass is 35.5. The molecular weight excluding hydrogens is 646 g/mol. The molecule has 0 amide bonds. The Morgan fingerprint density at radius 1 is 1.00 bits per heavy atom. The molecule has 1 aliphatic heterocycles. The van der Waals surface area contributed by atoms with Gasteiger partial charge in [0.2, 0.25) is 0 Å². The van der Waals surface area contributed by atoms with Crippen molar-refractivity contribution < 1.29 is 4.39 Å². The molecule has 2 N–H and O–H groups in total. The van der Waals surface area contributed by atoms with E-state index in [1.165, 1.54) is 18.3 Å². The van der Waals surface area contributed by atoms with Crippen molar-refractivity contribution in [1.29, 1.82) is 5.26 Å². The molecule has 0 saturated carbocycles. The van der Waals surface area contributed by atoms with Gasteiger partial charge < -0.3 is 10.6 Å². The lowest BCUT2D eigenvalue weighted by atomic mass is 9.98. The molecule has 5 aromatic rings. The molecule has 1 atom stereocenters. The number of nitriles is 1. The molecule has 2 aromatic heterocycles. The van der Waals surface area contributed by atoms with Crippen LogP contribution in [0.4, 0.5) is 21.5 Å². The van der Waals surface area contributed by atoms with Crippen molar-refractivity contribution in [2.45, 2.75) is 51.2 Å². The third-order valence-electron chi connectivity index (χ3n) is 8.36. The number of nitrogens with one attached hydrogen (secondary N) is 2. The minimum atomic E-state index is -0.581. The smallest absolute Gasteiger partial charge is 0.143 e. The van der Waals surface area contributed by atoms with E-state index in [-0.39, 0.29) is 22.2 Å². The number of rotatable bonds is 7. The molecule has 236 valence electrons. The zero-order chi connectivity index (χ0) is 32.6. The van der Waals surface area contributed by atoms with Gasteiger partial charge in [-0.2, -0.15) is 5.26 Å². The molecule has 46 heavy (non-hydrogen) atoms. The number of nitrogens with zero attached hydrogens (tertiary/aromatic N) is 6. The average molecular weight is 678 g/mol. The molecule has 1 aliphatic rings. The Bertz CT molecular complexity index is 1920. The van der Waals surface area contributed by atoms with E-state index >= 15 is 0 Å². The van der Waals surface area contributed by atoms with Crippen molar-refractivity contribution in [3.63, 3.8) is 0 Å². The van der Waals surface area contributed by atoms with E-state index in [0.29, 0.717) is 38.0 Å². The molecule has 12 heteroatoms. The summed E-state index contributed by atoms with van der Waals surface area (Å²) in [5.41, 5.74) is 4.06. The number of hydrogen-bond acceptors (Lipinski definition) is 7. The van der Waals surface area contributed by atoms with Crippen LogP contribution in [0.15, 0.2) is 67.0 Å². The van der Waals surface area contributed by atoms with Gasteiger partial charge in [0.15, 0.2) is 0 Å². The van der Waals surface area contributed by atoms with E-state index in [2.05, 4.69) is 57.7 Å². The lowest BCUT2D eigenvalue weighted by molar-refractivity contribution is 0.0866. The largest absolute Gasteiger partial charge is 0.371 e. The Morgan fingerprint density at radius 3 is 2.41 bits per heavy atom. The van der Waals surface area contributed by atoms with Crippen LogP contribution in [0.5, 0.6) is 0 Å². The summed E-state index contributed by atoms with van der Waals surface area (Å²) >= 11 is 18.8. The van der Waals surface area contributed by atoms with Gasteiger partial charge in [-0.3, -0.25) is 9.88 Å². The van der Waals surface area contributed by atoms with Crippen LogP contribution >= 0.6 is 34.8 Å². The Labute approximate surface area is 282 Å². The molecule has 0 spiro atoms. The minimum absolute atomic E-state index is 0.000661. The zero-order valence-electron chi connectivity index (χ0n) is 25.5. The first-order valence-corrected chi connectivity index (χ1v) is 16.1. The highest BCUT2D eigenvalue weighted by Crippen LogP contribution is 2.38. The molecular formula is C34H32Cl3FN8. The molecule has 0 unspecified atom stereocenters. The Morgan fingerprint density at radius 2 is 1.74 bits per heavy atom. The number of pyridine rings is 1. The maximum absolute atomic E-state index is 14.3. The fourth-order valence-corrected chi connectivity index (χ4v) is 6.32. The van der Waals surface area contributed by atoms with Gasteiger partial charge in [0.05, 0.1) is 45.8 Å². The second-order valence-corrected chi connectivity index (χ2v) is 13.7. The molecule has 8 nitrogen and oxygen atoms in total. The zero-order valence-corrected chi connectivity index (χ0v) is 27.8. The van der Waals surface area contributed by atoms with Gasteiger partial charge in [-0.05, 0) is 81.6 Å². The van der Waals surface area contributed by atoms with Crippen LogP contribution in [-0.2, 0) is 0 Å². The third kappa shape index (κ3) is 6.76. The van der Waals surface area contributed by atoms with Crippen LogP contribution in [0.1, 0.15) is 62.5 Å². The summed E-state index contributed by atoms with van der Waals surface area (Å²) in [5.74, 6) is -0.581. The molecule has 0 radical (unpaired) electrons. The highest BCUT2D eigenvalue weighted by Gasteiger charge is 2.29. The summed E-state index contributed by atoms with van der Waals surface area (Å²) in [6.45, 7) is 8.72. The number of hydrogen-bond donors (Lipinski definition) is 2. The van der Waals surface area contributed by atoms with Gasteiger partial charge in [-0.15, -0.1) is 5.10 Å². The first kappa shape index (κ1) is 32.0. The predicted molar refractivity (Wildman–Crippen MR) is 183 cm³/mol. The summed E-state index contributed by atoms with van der Waals surface area (Å²) in [6.07, 6.45) is 5.44. The SMILES string of the molecule is CC(C)(C)N1CCC(n2cc([C@@H](Nc3cc(Cl)cc4c(Nc5ccc(Cl)c(F)c5)c(C#N)cnc34)c3ccc(Cl)cc3)nn2)CC1. The van der Waals surface area contributed by atoms with Gasteiger partial charge in [0.25, 0.3) is 0 Å². The number of likely N-dealkylation sites (tertiary alicyclic amines) is 1. The van der Waals surface area contributed by atoms with Crippen LogP contribution in [0.3, 0.4) is 0 Å². The van der Waals surface area contributed by atoms with Crippen molar-refractivity contribution in [3.05, 3.63) is 105 Å². The predicted octanol–water partition coefficient (Wildman–Crippen LogP) is 9.18. The topological polar surface area (TPSA) is 94.7 Å². The second kappa shape index (κ2) is 13.0. The summed E-state index contributed by atoms with van der Waals surface area (Å²) < 4.78 is 16.3. The maximum atomic E-state index is 14.3. The molecule has 0 bridgehead atoms. The quantitative estimate of drug-likeness (QED) is 0.177. The van der Waals surface area contributed by atoms with Crippen molar-refractivity contribution in [3.8, 4) is 6.07 Å². The Hall–Kier alpha value is -3.94. The van der Waals surface area contributed by atoms with Gasteiger partial charge in [-0.25, -0.2) is 9.07 Å². The summed E-state index contributed by atoms with van der Waals surface area (Å²) in [6, 6.07) is 17.4.